The average molecular weight is 425 g/mol. The first-order valence-corrected chi connectivity index (χ1v) is 10.8. The predicted molar refractivity (Wildman–Crippen MR) is 126 cm³/mol. The first-order chi connectivity index (χ1) is 15.6. The first-order valence-electron chi connectivity index (χ1n) is 10.8. The number of amides is 1. The van der Waals surface area contributed by atoms with Crippen LogP contribution in [0.25, 0.3) is 10.9 Å². The summed E-state index contributed by atoms with van der Waals surface area (Å²) in [5.41, 5.74) is 3.99. The van der Waals surface area contributed by atoms with E-state index in [0.29, 0.717) is 23.3 Å². The van der Waals surface area contributed by atoms with E-state index in [4.69, 9.17) is 0 Å². The van der Waals surface area contributed by atoms with E-state index in [1.807, 2.05) is 78.6 Å². The van der Waals surface area contributed by atoms with Gasteiger partial charge in [-0.05, 0) is 49.2 Å². The Balaban J connectivity index is 1.58. The van der Waals surface area contributed by atoms with Gasteiger partial charge >= 0.3 is 0 Å². The van der Waals surface area contributed by atoms with Crippen molar-refractivity contribution in [2.45, 2.75) is 25.8 Å². The van der Waals surface area contributed by atoms with Gasteiger partial charge in [-0.25, -0.2) is 9.97 Å². The van der Waals surface area contributed by atoms with Crippen LogP contribution in [-0.4, -0.2) is 27.5 Å². The van der Waals surface area contributed by atoms with Crippen molar-refractivity contribution in [1.82, 2.24) is 9.97 Å². The fourth-order valence-electron chi connectivity index (χ4n) is 4.22. The molecular weight excluding hydrogens is 400 g/mol. The van der Waals surface area contributed by atoms with Gasteiger partial charge in [0.2, 0.25) is 5.91 Å². The van der Waals surface area contributed by atoms with Gasteiger partial charge in [0, 0.05) is 41.5 Å². The maximum Gasteiger partial charge on any atom is 0.227 e. The lowest BCUT2D eigenvalue weighted by Gasteiger charge is -2.23. The normalized spacial score (nSPS) is 14.7. The lowest BCUT2D eigenvalue weighted by atomic mass is 9.95. The summed E-state index contributed by atoms with van der Waals surface area (Å²) in [6, 6.07) is 21.0. The Hall–Kier alpha value is -3.93. The van der Waals surface area contributed by atoms with Gasteiger partial charge in [0.15, 0.2) is 0 Å². The third kappa shape index (κ3) is 3.75. The van der Waals surface area contributed by atoms with Crippen molar-refractivity contribution >= 4 is 28.3 Å². The molecule has 4 aromatic rings. The average Bonchev–Trinajstić information content (AvgIpc) is 3.25. The quantitative estimate of drug-likeness (QED) is 0.473. The summed E-state index contributed by atoms with van der Waals surface area (Å²) >= 11 is 0. The summed E-state index contributed by atoms with van der Waals surface area (Å²) in [6.07, 6.45) is 3.22. The number of phenols is 1. The lowest BCUT2D eigenvalue weighted by Crippen LogP contribution is -2.23. The SMILES string of the molecule is Cc1ccc2ccc(C(Nc3ccccn3)c3ccc(N4CCCC4=O)cc3)c(O)c2n1. The van der Waals surface area contributed by atoms with Crippen molar-refractivity contribution < 1.29 is 9.90 Å². The molecule has 160 valence electrons. The topological polar surface area (TPSA) is 78.4 Å². The standard InChI is InChI=1S/C26H24N4O2/c1-17-7-8-19-11-14-21(26(32)25(19)28-17)24(29-22-5-2-3-15-27-22)18-9-12-20(13-10-18)30-16-4-6-23(30)31/h2-3,5,7-15,24,32H,4,6,16H2,1H3,(H,27,29). The number of aromatic nitrogens is 2. The Labute approximate surface area is 186 Å². The lowest BCUT2D eigenvalue weighted by molar-refractivity contribution is -0.117. The highest BCUT2D eigenvalue weighted by atomic mass is 16.3. The minimum Gasteiger partial charge on any atom is -0.505 e. The van der Waals surface area contributed by atoms with E-state index in [-0.39, 0.29) is 17.7 Å². The summed E-state index contributed by atoms with van der Waals surface area (Å²) in [5.74, 6) is 1.01. The smallest absolute Gasteiger partial charge is 0.227 e. The second kappa shape index (κ2) is 8.30. The van der Waals surface area contributed by atoms with E-state index < -0.39 is 0 Å². The van der Waals surface area contributed by atoms with Crippen LogP contribution in [0, 0.1) is 6.92 Å². The Morgan fingerprint density at radius 1 is 1.03 bits per heavy atom. The number of hydrogen-bond acceptors (Lipinski definition) is 5. The molecule has 1 atom stereocenters. The molecule has 0 radical (unpaired) electrons. The number of carbonyl (C=O) groups excluding carboxylic acids is 1. The van der Waals surface area contributed by atoms with Crippen LogP contribution in [0.15, 0.2) is 72.9 Å². The molecule has 32 heavy (non-hydrogen) atoms. The zero-order valence-electron chi connectivity index (χ0n) is 17.8. The predicted octanol–water partition coefficient (Wildman–Crippen LogP) is 4.97. The van der Waals surface area contributed by atoms with Crippen LogP contribution >= 0.6 is 0 Å². The van der Waals surface area contributed by atoms with Crippen LogP contribution in [0.1, 0.15) is 35.7 Å². The number of hydrogen-bond donors (Lipinski definition) is 2. The molecule has 5 rings (SSSR count). The molecule has 2 aromatic carbocycles. The minimum atomic E-state index is -0.347. The molecule has 1 amide bonds. The minimum absolute atomic E-state index is 0.151. The van der Waals surface area contributed by atoms with E-state index in [0.717, 1.165) is 35.3 Å². The van der Waals surface area contributed by atoms with Crippen LogP contribution in [0.4, 0.5) is 11.5 Å². The Morgan fingerprint density at radius 3 is 2.56 bits per heavy atom. The summed E-state index contributed by atoms with van der Waals surface area (Å²) in [4.78, 5) is 22.9. The van der Waals surface area contributed by atoms with Crippen LogP contribution < -0.4 is 10.2 Å². The number of fused-ring (bicyclic) bond motifs is 1. The maximum atomic E-state index is 12.1. The monoisotopic (exact) mass is 424 g/mol. The van der Waals surface area contributed by atoms with Crippen molar-refractivity contribution in [1.29, 1.82) is 0 Å². The number of phenolic OH excluding ortho intramolecular Hbond substituents is 1. The largest absolute Gasteiger partial charge is 0.505 e. The van der Waals surface area contributed by atoms with Crippen molar-refractivity contribution in [3.05, 3.63) is 89.7 Å². The third-order valence-corrected chi connectivity index (χ3v) is 5.89. The van der Waals surface area contributed by atoms with Gasteiger partial charge in [-0.3, -0.25) is 4.79 Å². The van der Waals surface area contributed by atoms with Gasteiger partial charge < -0.3 is 15.3 Å². The molecule has 2 N–H and O–H groups in total. The zero-order valence-corrected chi connectivity index (χ0v) is 17.8. The molecule has 6 nitrogen and oxygen atoms in total. The Bertz CT molecular complexity index is 1270. The van der Waals surface area contributed by atoms with E-state index in [1.165, 1.54) is 0 Å². The second-order valence-electron chi connectivity index (χ2n) is 8.06. The zero-order chi connectivity index (χ0) is 22.1. The molecule has 1 unspecified atom stereocenters. The Morgan fingerprint density at radius 2 is 1.84 bits per heavy atom. The van der Waals surface area contributed by atoms with Crippen molar-refractivity contribution in [2.75, 3.05) is 16.8 Å². The first kappa shape index (κ1) is 20.0. The van der Waals surface area contributed by atoms with E-state index in [2.05, 4.69) is 15.3 Å². The highest BCUT2D eigenvalue weighted by Gasteiger charge is 2.24. The number of rotatable bonds is 5. The van der Waals surface area contributed by atoms with Crippen LogP contribution in [0.2, 0.25) is 0 Å². The van der Waals surface area contributed by atoms with Gasteiger partial charge in [-0.2, -0.15) is 0 Å². The molecule has 0 spiro atoms. The highest BCUT2D eigenvalue weighted by Crippen LogP contribution is 2.37. The molecule has 0 aliphatic carbocycles. The number of nitrogens with zero attached hydrogens (tertiary/aromatic N) is 3. The molecule has 1 fully saturated rings. The van der Waals surface area contributed by atoms with Gasteiger partial charge in [0.1, 0.15) is 17.1 Å². The number of nitrogens with one attached hydrogen (secondary N) is 1. The van der Waals surface area contributed by atoms with Crippen molar-refractivity contribution in [2.24, 2.45) is 0 Å². The Kier molecular flexibility index (Phi) is 5.19. The fraction of sp³-hybridized carbons (Fsp3) is 0.192. The summed E-state index contributed by atoms with van der Waals surface area (Å²) in [7, 11) is 0. The summed E-state index contributed by atoms with van der Waals surface area (Å²) < 4.78 is 0. The molecule has 2 aromatic heterocycles. The summed E-state index contributed by atoms with van der Waals surface area (Å²) in [5, 5.41) is 15.5. The fourth-order valence-corrected chi connectivity index (χ4v) is 4.22. The second-order valence-corrected chi connectivity index (χ2v) is 8.06. The number of carbonyl (C=O) groups is 1. The van der Waals surface area contributed by atoms with Gasteiger partial charge in [0.25, 0.3) is 0 Å². The highest BCUT2D eigenvalue weighted by molar-refractivity contribution is 5.95. The number of pyridine rings is 2. The van der Waals surface area contributed by atoms with Crippen LogP contribution in [0.5, 0.6) is 5.75 Å². The number of benzene rings is 2. The van der Waals surface area contributed by atoms with Crippen molar-refractivity contribution in [3.8, 4) is 5.75 Å². The number of anilines is 2. The number of aromatic hydroxyl groups is 1. The molecule has 6 heteroatoms. The van der Waals surface area contributed by atoms with Crippen molar-refractivity contribution in [3.63, 3.8) is 0 Å². The van der Waals surface area contributed by atoms with Crippen LogP contribution in [-0.2, 0) is 4.79 Å². The third-order valence-electron chi connectivity index (χ3n) is 5.89. The molecule has 3 heterocycles. The van der Waals surface area contributed by atoms with Gasteiger partial charge in [-0.15, -0.1) is 0 Å². The number of aryl methyl sites for hydroxylation is 1. The maximum absolute atomic E-state index is 12.1. The van der Waals surface area contributed by atoms with Gasteiger partial charge in [0.05, 0.1) is 6.04 Å². The van der Waals surface area contributed by atoms with Gasteiger partial charge in [-0.1, -0.05) is 36.4 Å². The van der Waals surface area contributed by atoms with E-state index in [9.17, 15) is 9.90 Å². The molecule has 0 bridgehead atoms. The molecule has 1 aliphatic heterocycles. The van der Waals surface area contributed by atoms with E-state index in [1.54, 1.807) is 6.20 Å². The van der Waals surface area contributed by atoms with E-state index >= 15 is 0 Å². The molecular formula is C26H24N4O2. The summed E-state index contributed by atoms with van der Waals surface area (Å²) in [6.45, 7) is 2.66. The van der Waals surface area contributed by atoms with Crippen LogP contribution in [0.3, 0.4) is 0 Å². The molecule has 0 saturated carbocycles. The molecule has 1 aliphatic rings. The molecule has 1 saturated heterocycles.